The van der Waals surface area contributed by atoms with Gasteiger partial charge in [0.2, 0.25) is 15.7 Å². The molecule has 0 fully saturated rings. The Balaban J connectivity index is 1.81. The highest BCUT2D eigenvalue weighted by Crippen LogP contribution is 2.32. The van der Waals surface area contributed by atoms with Crippen molar-refractivity contribution in [1.82, 2.24) is 5.32 Å². The van der Waals surface area contributed by atoms with Crippen molar-refractivity contribution in [3.05, 3.63) is 53.8 Å². The van der Waals surface area contributed by atoms with Crippen LogP contribution in [0.15, 0.2) is 52.3 Å². The maximum atomic E-state index is 13.4. The monoisotopic (exact) mass is 378 g/mol. The van der Waals surface area contributed by atoms with Gasteiger partial charge in [-0.25, -0.2) is 12.8 Å². The van der Waals surface area contributed by atoms with E-state index >= 15 is 0 Å². The molecule has 3 N–H and O–H groups in total. The van der Waals surface area contributed by atoms with Gasteiger partial charge in [0.1, 0.15) is 17.7 Å². The van der Waals surface area contributed by atoms with E-state index in [-0.39, 0.29) is 22.4 Å². The number of hydrogen-bond acceptors (Lipinski definition) is 5. The first kappa shape index (κ1) is 18.3. The molecule has 3 rings (SSSR count). The van der Waals surface area contributed by atoms with Gasteiger partial charge in [-0.3, -0.25) is 4.79 Å². The molecular weight excluding hydrogens is 359 g/mol. The minimum Gasteiger partial charge on any atom is -0.489 e. The number of amides is 1. The Labute approximate surface area is 151 Å². The Morgan fingerprint density at radius 1 is 1.23 bits per heavy atom. The van der Waals surface area contributed by atoms with Crippen LogP contribution in [0.25, 0.3) is 0 Å². The van der Waals surface area contributed by atoms with E-state index in [2.05, 4.69) is 5.32 Å². The van der Waals surface area contributed by atoms with Gasteiger partial charge < -0.3 is 15.8 Å². The molecule has 1 amide bonds. The highest BCUT2D eigenvalue weighted by Gasteiger charge is 2.24. The minimum absolute atomic E-state index is 0.0487. The molecule has 0 saturated heterocycles. The number of primary amides is 1. The van der Waals surface area contributed by atoms with Crippen molar-refractivity contribution in [1.29, 1.82) is 0 Å². The molecule has 0 spiro atoms. The highest BCUT2D eigenvalue weighted by atomic mass is 32.2. The first-order valence-electron chi connectivity index (χ1n) is 8.15. The Hall–Kier alpha value is -2.45. The zero-order chi connectivity index (χ0) is 18.7. The molecule has 2 aromatic carbocycles. The van der Waals surface area contributed by atoms with E-state index in [9.17, 15) is 17.6 Å². The third-order valence-electron chi connectivity index (χ3n) is 4.16. The fraction of sp³-hybridized carbons (Fsp3) is 0.278. The number of carbonyl (C=O) groups excluding carboxylic acids is 1. The average molecular weight is 378 g/mol. The topological polar surface area (TPSA) is 98.5 Å². The Bertz CT molecular complexity index is 931. The van der Waals surface area contributed by atoms with E-state index in [4.69, 9.17) is 10.5 Å². The van der Waals surface area contributed by atoms with Gasteiger partial charge in [0.05, 0.1) is 16.3 Å². The normalized spacial score (nSPS) is 16.6. The van der Waals surface area contributed by atoms with E-state index < -0.39 is 21.6 Å². The summed E-state index contributed by atoms with van der Waals surface area (Å²) in [7, 11) is -3.84. The Morgan fingerprint density at radius 2 is 2.00 bits per heavy atom. The molecule has 26 heavy (non-hydrogen) atoms. The highest BCUT2D eigenvalue weighted by molar-refractivity contribution is 7.91. The number of halogens is 1. The molecule has 0 aromatic heterocycles. The number of carbonyl (C=O) groups is 1. The van der Waals surface area contributed by atoms with Crippen molar-refractivity contribution >= 4 is 15.7 Å². The number of hydrogen-bond donors (Lipinski definition) is 2. The smallest absolute Gasteiger partial charge is 0.231 e. The largest absolute Gasteiger partial charge is 0.489 e. The van der Waals surface area contributed by atoms with E-state index in [1.807, 2.05) is 0 Å². The van der Waals surface area contributed by atoms with Gasteiger partial charge in [0, 0.05) is 6.54 Å². The molecule has 1 aliphatic heterocycles. The first-order valence-corrected chi connectivity index (χ1v) is 9.64. The van der Waals surface area contributed by atoms with Crippen LogP contribution >= 0.6 is 0 Å². The molecular formula is C18H19FN2O4S. The van der Waals surface area contributed by atoms with Gasteiger partial charge in [-0.2, -0.15) is 0 Å². The molecule has 0 radical (unpaired) electrons. The minimum atomic E-state index is -3.84. The summed E-state index contributed by atoms with van der Waals surface area (Å²) in [4.78, 5) is 10.7. The molecule has 138 valence electrons. The van der Waals surface area contributed by atoms with Crippen molar-refractivity contribution in [2.24, 2.45) is 5.73 Å². The fourth-order valence-electron chi connectivity index (χ4n) is 2.84. The maximum absolute atomic E-state index is 13.4. The predicted octanol–water partition coefficient (Wildman–Crippen LogP) is 1.43. The van der Waals surface area contributed by atoms with Crippen LogP contribution in [-0.4, -0.2) is 33.5 Å². The van der Waals surface area contributed by atoms with E-state index in [1.165, 1.54) is 30.3 Å². The van der Waals surface area contributed by atoms with Gasteiger partial charge in [0.25, 0.3) is 0 Å². The van der Waals surface area contributed by atoms with Gasteiger partial charge in [-0.1, -0.05) is 12.1 Å². The molecule has 0 aliphatic carbocycles. The molecule has 2 aromatic rings. The lowest BCUT2D eigenvalue weighted by Gasteiger charge is -2.26. The SMILES string of the molecule is NC(=O)CNC[C@H]1CCc2ccc(S(=O)(=O)c3cccc(F)c3)cc2O1. The van der Waals surface area contributed by atoms with E-state index in [0.29, 0.717) is 12.3 Å². The fourth-order valence-corrected chi connectivity index (χ4v) is 4.15. The average Bonchev–Trinajstić information content (AvgIpc) is 2.61. The summed E-state index contributed by atoms with van der Waals surface area (Å²) in [6, 6.07) is 9.59. The summed E-state index contributed by atoms with van der Waals surface area (Å²) in [5.41, 5.74) is 5.99. The van der Waals surface area contributed by atoms with Crippen LogP contribution < -0.4 is 15.8 Å². The van der Waals surface area contributed by atoms with Gasteiger partial charge in [0.15, 0.2) is 0 Å². The molecule has 0 unspecified atom stereocenters. The van der Waals surface area contributed by atoms with Crippen LogP contribution in [0.4, 0.5) is 4.39 Å². The second-order valence-corrected chi connectivity index (χ2v) is 8.06. The van der Waals surface area contributed by atoms with E-state index in [0.717, 1.165) is 24.5 Å². The predicted molar refractivity (Wildman–Crippen MR) is 93.1 cm³/mol. The van der Waals surface area contributed by atoms with Crippen molar-refractivity contribution < 1.29 is 22.3 Å². The number of aryl methyl sites for hydroxylation is 1. The Kier molecular flexibility index (Phi) is 5.24. The summed E-state index contributed by atoms with van der Waals surface area (Å²) in [5, 5.41) is 2.90. The van der Waals surface area contributed by atoms with Crippen molar-refractivity contribution in [3.8, 4) is 5.75 Å². The quantitative estimate of drug-likeness (QED) is 0.792. The van der Waals surface area contributed by atoms with Gasteiger partial charge in [-0.05, 0) is 48.7 Å². The second-order valence-electron chi connectivity index (χ2n) is 6.11. The van der Waals surface area contributed by atoms with E-state index in [1.54, 1.807) is 6.07 Å². The third-order valence-corrected chi connectivity index (χ3v) is 5.90. The number of rotatable bonds is 6. The molecule has 8 heteroatoms. The lowest BCUT2D eigenvalue weighted by molar-refractivity contribution is -0.117. The lowest BCUT2D eigenvalue weighted by atomic mass is 10.0. The Morgan fingerprint density at radius 3 is 2.73 bits per heavy atom. The summed E-state index contributed by atoms with van der Waals surface area (Å²) in [6.45, 7) is 0.490. The number of benzene rings is 2. The summed E-state index contributed by atoms with van der Waals surface area (Å²) in [5.74, 6) is -0.579. The van der Waals surface area contributed by atoms with Gasteiger partial charge in [-0.15, -0.1) is 0 Å². The van der Waals surface area contributed by atoms with Crippen LogP contribution in [0, 0.1) is 5.82 Å². The summed E-state index contributed by atoms with van der Waals surface area (Å²) < 4.78 is 44.7. The van der Waals surface area contributed by atoms with Crippen molar-refractivity contribution in [2.45, 2.75) is 28.7 Å². The molecule has 1 heterocycles. The van der Waals surface area contributed by atoms with Crippen molar-refractivity contribution in [2.75, 3.05) is 13.1 Å². The van der Waals surface area contributed by atoms with Crippen LogP contribution in [0.3, 0.4) is 0 Å². The molecule has 6 nitrogen and oxygen atoms in total. The standard InChI is InChI=1S/C18H19FN2O4S/c19-13-2-1-3-15(8-13)26(23,24)16-7-5-12-4-6-14(25-17(12)9-16)10-21-11-18(20)22/h1-3,5,7-9,14,21H,4,6,10-11H2,(H2,20,22)/t14-/m1/s1. The molecule has 1 aliphatic rings. The first-order chi connectivity index (χ1) is 12.4. The van der Waals surface area contributed by atoms with Crippen molar-refractivity contribution in [3.63, 3.8) is 0 Å². The van der Waals surface area contributed by atoms with Crippen LogP contribution in [-0.2, 0) is 21.1 Å². The zero-order valence-electron chi connectivity index (χ0n) is 13.9. The zero-order valence-corrected chi connectivity index (χ0v) is 14.8. The summed E-state index contributed by atoms with van der Waals surface area (Å²) in [6.07, 6.45) is 1.29. The van der Waals surface area contributed by atoms with Crippen LogP contribution in [0.5, 0.6) is 5.75 Å². The van der Waals surface area contributed by atoms with Gasteiger partial charge >= 0.3 is 0 Å². The lowest BCUT2D eigenvalue weighted by Crippen LogP contribution is -2.38. The number of sulfone groups is 1. The second kappa shape index (κ2) is 7.43. The van der Waals surface area contributed by atoms with Crippen LogP contribution in [0.1, 0.15) is 12.0 Å². The molecule has 0 saturated carbocycles. The van der Waals surface area contributed by atoms with Crippen LogP contribution in [0.2, 0.25) is 0 Å². The number of ether oxygens (including phenoxy) is 1. The molecule has 1 atom stereocenters. The third kappa shape index (κ3) is 4.03. The summed E-state index contributed by atoms with van der Waals surface area (Å²) >= 11 is 0. The number of fused-ring (bicyclic) bond motifs is 1. The number of nitrogens with two attached hydrogens (primary N) is 1. The number of nitrogens with one attached hydrogen (secondary N) is 1. The maximum Gasteiger partial charge on any atom is 0.231 e. The molecule has 0 bridgehead atoms.